The summed E-state index contributed by atoms with van der Waals surface area (Å²) in [5.41, 5.74) is -0.705. The number of aromatic nitrogens is 4. The minimum atomic E-state index is -2.98. The zero-order chi connectivity index (χ0) is 18.5. The first-order valence-electron chi connectivity index (χ1n) is 7.68. The van der Waals surface area contributed by atoms with Crippen LogP contribution in [0.5, 0.6) is 0 Å². The largest absolute Gasteiger partial charge is 0.325 e. The lowest BCUT2D eigenvalue weighted by molar-refractivity contribution is 0.105. The van der Waals surface area contributed by atoms with Crippen LogP contribution in [0.25, 0.3) is 11.3 Å². The van der Waals surface area contributed by atoms with E-state index in [1.165, 1.54) is 6.07 Å². The van der Waals surface area contributed by atoms with E-state index in [-0.39, 0.29) is 22.0 Å². The molecule has 9 heteroatoms. The van der Waals surface area contributed by atoms with E-state index in [0.717, 1.165) is 6.20 Å². The quantitative estimate of drug-likeness (QED) is 0.735. The molecule has 0 amide bonds. The normalized spacial score (nSPS) is 20.7. The summed E-state index contributed by atoms with van der Waals surface area (Å²) in [6, 6.07) is 9.72. The Morgan fingerprint density at radius 2 is 1.81 bits per heavy atom. The van der Waals surface area contributed by atoms with Gasteiger partial charge in [0.25, 0.3) is 11.5 Å². The lowest BCUT2D eigenvalue weighted by atomic mass is 10.0. The molecule has 0 unspecified atom stereocenters. The maximum atomic E-state index is 14.5. The number of aromatic amines is 2. The highest BCUT2D eigenvalue weighted by Gasteiger charge is 2.69. The van der Waals surface area contributed by atoms with Gasteiger partial charge in [-0.25, -0.2) is 13.6 Å². The summed E-state index contributed by atoms with van der Waals surface area (Å²) in [5, 5.41) is 7.36. The fourth-order valence-corrected chi connectivity index (χ4v) is 3.34. The fourth-order valence-electron chi connectivity index (χ4n) is 3.13. The number of alkyl halides is 2. The van der Waals surface area contributed by atoms with Gasteiger partial charge in [-0.1, -0.05) is 41.9 Å². The third-order valence-electron chi connectivity index (χ3n) is 4.42. The van der Waals surface area contributed by atoms with Crippen LogP contribution >= 0.6 is 11.6 Å². The molecule has 1 aliphatic carbocycles. The highest BCUT2D eigenvalue weighted by Crippen LogP contribution is 2.67. The summed E-state index contributed by atoms with van der Waals surface area (Å²) in [7, 11) is 0. The molecule has 0 spiro atoms. The number of H-pyrrole nitrogens is 2. The van der Waals surface area contributed by atoms with Crippen LogP contribution in [-0.4, -0.2) is 26.1 Å². The van der Waals surface area contributed by atoms with Crippen molar-refractivity contribution in [1.29, 1.82) is 0 Å². The topological polar surface area (TPSA) is 91.5 Å². The van der Waals surface area contributed by atoms with Crippen LogP contribution in [0.2, 0.25) is 5.15 Å². The Balaban J connectivity index is 1.78. The van der Waals surface area contributed by atoms with Crippen molar-refractivity contribution in [2.24, 2.45) is 0 Å². The summed E-state index contributed by atoms with van der Waals surface area (Å²) >= 11 is 6.01. The maximum Gasteiger partial charge on any atom is 0.325 e. The molecule has 26 heavy (non-hydrogen) atoms. The molecule has 1 fully saturated rings. The second kappa shape index (κ2) is 5.84. The Morgan fingerprint density at radius 3 is 2.50 bits per heavy atom. The highest BCUT2D eigenvalue weighted by molar-refractivity contribution is 6.30. The van der Waals surface area contributed by atoms with Crippen molar-refractivity contribution >= 4 is 11.6 Å². The van der Waals surface area contributed by atoms with Crippen LogP contribution in [0.15, 0.2) is 52.2 Å². The summed E-state index contributed by atoms with van der Waals surface area (Å²) in [4.78, 5) is 27.4. The van der Waals surface area contributed by atoms with E-state index in [4.69, 9.17) is 11.6 Å². The van der Waals surface area contributed by atoms with Crippen LogP contribution in [0.3, 0.4) is 0 Å². The fraction of sp³-hybridized carbons (Fsp3) is 0.176. The van der Waals surface area contributed by atoms with Gasteiger partial charge in [0.1, 0.15) is 5.69 Å². The molecule has 6 nitrogen and oxygen atoms in total. The van der Waals surface area contributed by atoms with Crippen molar-refractivity contribution in [3.05, 3.63) is 79.7 Å². The third-order valence-corrected chi connectivity index (χ3v) is 4.71. The Kier molecular flexibility index (Phi) is 3.73. The van der Waals surface area contributed by atoms with E-state index in [0.29, 0.717) is 5.56 Å². The zero-order valence-corrected chi connectivity index (χ0v) is 13.8. The van der Waals surface area contributed by atoms with Crippen LogP contribution in [0, 0.1) is 0 Å². The minimum absolute atomic E-state index is 0.00949. The molecule has 0 aliphatic heterocycles. The van der Waals surface area contributed by atoms with Crippen molar-refractivity contribution in [1.82, 2.24) is 20.2 Å². The van der Waals surface area contributed by atoms with Gasteiger partial charge in [0.2, 0.25) is 0 Å². The summed E-state index contributed by atoms with van der Waals surface area (Å²) < 4.78 is 28.9. The first kappa shape index (κ1) is 16.6. The molecule has 2 aromatic heterocycles. The molecule has 0 bridgehead atoms. The molecule has 1 saturated carbocycles. The van der Waals surface area contributed by atoms with Crippen LogP contribution in [-0.2, 0) is 0 Å². The number of halogens is 3. The molecule has 132 valence electrons. The van der Waals surface area contributed by atoms with E-state index in [1.807, 2.05) is 0 Å². The minimum Gasteiger partial charge on any atom is -0.313 e. The number of nitrogens with one attached hydrogen (secondary N) is 2. The summed E-state index contributed by atoms with van der Waals surface area (Å²) in [6.07, 6.45) is 1.16. The number of hydrogen-bond donors (Lipinski definition) is 2. The van der Waals surface area contributed by atoms with Crippen molar-refractivity contribution in [2.45, 2.75) is 17.8 Å². The van der Waals surface area contributed by atoms with Crippen molar-refractivity contribution < 1.29 is 8.78 Å². The van der Waals surface area contributed by atoms with Gasteiger partial charge in [-0.3, -0.25) is 9.78 Å². The highest BCUT2D eigenvalue weighted by atomic mass is 35.5. The Bertz CT molecular complexity index is 1100. The summed E-state index contributed by atoms with van der Waals surface area (Å²) in [6.45, 7) is 0. The lowest BCUT2D eigenvalue weighted by Crippen LogP contribution is -2.23. The molecule has 2 N–H and O–H groups in total. The van der Waals surface area contributed by atoms with Gasteiger partial charge in [0, 0.05) is 11.8 Å². The molecule has 0 saturated heterocycles. The average Bonchev–Trinajstić information content (AvgIpc) is 3.18. The Morgan fingerprint density at radius 1 is 1.08 bits per heavy atom. The van der Waals surface area contributed by atoms with E-state index in [2.05, 4.69) is 20.2 Å². The van der Waals surface area contributed by atoms with Crippen molar-refractivity contribution in [3.63, 3.8) is 0 Å². The Hall–Kier alpha value is -2.87. The number of hydrogen-bond acceptors (Lipinski definition) is 4. The van der Waals surface area contributed by atoms with Gasteiger partial charge in [-0.15, -0.1) is 10.2 Å². The molecule has 1 aromatic carbocycles. The summed E-state index contributed by atoms with van der Waals surface area (Å²) in [5.74, 6) is -5.16. The van der Waals surface area contributed by atoms with Gasteiger partial charge in [0.15, 0.2) is 5.15 Å². The second-order valence-electron chi connectivity index (χ2n) is 6.00. The van der Waals surface area contributed by atoms with Gasteiger partial charge < -0.3 is 4.98 Å². The van der Waals surface area contributed by atoms with E-state index < -0.39 is 29.0 Å². The molecule has 4 rings (SSSR count). The molecule has 2 atom stereocenters. The Labute approximate surface area is 149 Å². The first-order chi connectivity index (χ1) is 12.4. The van der Waals surface area contributed by atoms with E-state index >= 15 is 0 Å². The predicted octanol–water partition coefficient (Wildman–Crippen LogP) is 2.69. The standard InChI is InChI=1S/C17H11ClF2N4O2/c18-14-9(13-12(17(13,19)20)8-4-2-1-3-5-8)6-11(23-24-14)10-7-21-16(26)22-15(10)25/h1-7,12-13H,(H2,21,22,25,26)/t12-,13-/m1/s1. The van der Waals surface area contributed by atoms with Crippen LogP contribution < -0.4 is 11.2 Å². The van der Waals surface area contributed by atoms with Crippen molar-refractivity contribution in [2.75, 3.05) is 0 Å². The lowest BCUT2D eigenvalue weighted by Gasteiger charge is -2.05. The SMILES string of the molecule is O=c1[nH]cc(-c2cc([C@@H]3[C@@H](c4ccccc4)C3(F)F)c(Cl)nn2)c(=O)[nH]1. The van der Waals surface area contributed by atoms with Gasteiger partial charge in [0.05, 0.1) is 17.4 Å². The van der Waals surface area contributed by atoms with Crippen LogP contribution in [0.4, 0.5) is 8.78 Å². The molecule has 0 radical (unpaired) electrons. The molecular formula is C17H11ClF2N4O2. The average molecular weight is 377 g/mol. The molecule has 1 aliphatic rings. The maximum absolute atomic E-state index is 14.5. The smallest absolute Gasteiger partial charge is 0.313 e. The van der Waals surface area contributed by atoms with Gasteiger partial charge >= 0.3 is 5.69 Å². The number of nitrogens with zero attached hydrogens (tertiary/aromatic N) is 2. The van der Waals surface area contributed by atoms with Crippen molar-refractivity contribution in [3.8, 4) is 11.3 Å². The van der Waals surface area contributed by atoms with Gasteiger partial charge in [-0.05, 0) is 11.6 Å². The van der Waals surface area contributed by atoms with Crippen LogP contribution in [0.1, 0.15) is 23.0 Å². The van der Waals surface area contributed by atoms with E-state index in [9.17, 15) is 18.4 Å². The monoisotopic (exact) mass is 376 g/mol. The molecule has 2 heterocycles. The number of rotatable bonds is 3. The third kappa shape index (κ3) is 2.62. The first-order valence-corrected chi connectivity index (χ1v) is 8.05. The predicted molar refractivity (Wildman–Crippen MR) is 90.6 cm³/mol. The zero-order valence-electron chi connectivity index (χ0n) is 13.0. The van der Waals surface area contributed by atoms with Gasteiger partial charge in [-0.2, -0.15) is 0 Å². The second-order valence-corrected chi connectivity index (χ2v) is 6.36. The molecular weight excluding hydrogens is 366 g/mol. The van der Waals surface area contributed by atoms with E-state index in [1.54, 1.807) is 30.3 Å². The molecule has 3 aromatic rings. The number of benzene rings is 1.